The molecule has 1 amide bonds. The van der Waals surface area contributed by atoms with Crippen LogP contribution in [0.25, 0.3) is 0 Å². The second-order valence-corrected chi connectivity index (χ2v) is 7.24. The lowest BCUT2D eigenvalue weighted by Gasteiger charge is -2.32. The van der Waals surface area contributed by atoms with E-state index in [2.05, 4.69) is 27.7 Å². The van der Waals surface area contributed by atoms with Gasteiger partial charge < -0.3 is 9.73 Å². The summed E-state index contributed by atoms with van der Waals surface area (Å²) in [5.74, 6) is 1.56. The van der Waals surface area contributed by atoms with E-state index in [1.807, 2.05) is 23.5 Å². The summed E-state index contributed by atoms with van der Waals surface area (Å²) in [6, 6.07) is 8.08. The van der Waals surface area contributed by atoms with Gasteiger partial charge in [-0.25, -0.2) is 0 Å². The summed E-state index contributed by atoms with van der Waals surface area (Å²) in [5.41, 5.74) is 0. The van der Waals surface area contributed by atoms with E-state index >= 15 is 0 Å². The third-order valence-corrected chi connectivity index (χ3v) is 5.19. The van der Waals surface area contributed by atoms with Gasteiger partial charge in [-0.1, -0.05) is 6.07 Å². The van der Waals surface area contributed by atoms with Crippen molar-refractivity contribution in [1.82, 2.24) is 10.2 Å². The molecule has 5 heteroatoms. The maximum absolute atomic E-state index is 12.0. The number of hydrogen-bond acceptors (Lipinski definition) is 4. The SMILES string of the molecule is O=C(CCc1ccco1)NC[C@@H]1CCCN(Cc2cccs2)C1. The Morgan fingerprint density at radius 3 is 3.13 bits per heavy atom. The quantitative estimate of drug-likeness (QED) is 0.846. The second kappa shape index (κ2) is 8.31. The third kappa shape index (κ3) is 5.22. The van der Waals surface area contributed by atoms with Crippen molar-refractivity contribution in [3.63, 3.8) is 0 Å². The third-order valence-electron chi connectivity index (χ3n) is 4.33. The molecule has 3 rings (SSSR count). The highest BCUT2D eigenvalue weighted by Crippen LogP contribution is 2.20. The minimum absolute atomic E-state index is 0.122. The van der Waals surface area contributed by atoms with Crippen molar-refractivity contribution in [2.24, 2.45) is 5.92 Å². The molecule has 0 aliphatic carbocycles. The first-order chi connectivity index (χ1) is 11.3. The van der Waals surface area contributed by atoms with E-state index in [0.29, 0.717) is 18.8 Å². The lowest BCUT2D eigenvalue weighted by atomic mass is 9.98. The van der Waals surface area contributed by atoms with E-state index in [4.69, 9.17) is 4.42 Å². The monoisotopic (exact) mass is 332 g/mol. The smallest absolute Gasteiger partial charge is 0.220 e. The highest BCUT2D eigenvalue weighted by molar-refractivity contribution is 7.09. The van der Waals surface area contributed by atoms with Crippen molar-refractivity contribution in [3.8, 4) is 0 Å². The molecular formula is C18H24N2O2S. The van der Waals surface area contributed by atoms with Crippen molar-refractivity contribution in [2.45, 2.75) is 32.2 Å². The fraction of sp³-hybridized carbons (Fsp3) is 0.500. The van der Waals surface area contributed by atoms with Crippen LogP contribution in [0.15, 0.2) is 40.3 Å². The van der Waals surface area contributed by atoms with Crippen LogP contribution in [0.2, 0.25) is 0 Å². The number of carbonyl (C=O) groups excluding carboxylic acids is 1. The number of aryl methyl sites for hydroxylation is 1. The number of hydrogen-bond donors (Lipinski definition) is 1. The number of nitrogens with one attached hydrogen (secondary N) is 1. The van der Waals surface area contributed by atoms with Crippen LogP contribution in [0, 0.1) is 5.92 Å². The van der Waals surface area contributed by atoms with Crippen LogP contribution in [0.4, 0.5) is 0 Å². The zero-order valence-corrected chi connectivity index (χ0v) is 14.2. The molecular weight excluding hydrogens is 308 g/mol. The minimum Gasteiger partial charge on any atom is -0.469 e. The van der Waals surface area contributed by atoms with E-state index in [1.165, 1.54) is 24.3 Å². The zero-order valence-electron chi connectivity index (χ0n) is 13.4. The molecule has 2 aromatic rings. The Balaban J connectivity index is 1.36. The Hall–Kier alpha value is -1.59. The minimum atomic E-state index is 0.122. The van der Waals surface area contributed by atoms with Crippen LogP contribution in [0.3, 0.4) is 0 Å². The molecule has 1 saturated heterocycles. The van der Waals surface area contributed by atoms with Crippen LogP contribution < -0.4 is 5.32 Å². The number of nitrogens with zero attached hydrogens (tertiary/aromatic N) is 1. The fourth-order valence-electron chi connectivity index (χ4n) is 3.12. The molecule has 1 fully saturated rings. The lowest BCUT2D eigenvalue weighted by molar-refractivity contribution is -0.121. The van der Waals surface area contributed by atoms with E-state index in [9.17, 15) is 4.79 Å². The van der Waals surface area contributed by atoms with Gasteiger partial charge in [-0.3, -0.25) is 9.69 Å². The number of piperidine rings is 1. The summed E-state index contributed by atoms with van der Waals surface area (Å²) in [5, 5.41) is 5.22. The fourth-order valence-corrected chi connectivity index (χ4v) is 3.87. The highest BCUT2D eigenvalue weighted by Gasteiger charge is 2.20. The molecule has 0 radical (unpaired) electrons. The molecule has 0 aromatic carbocycles. The standard InChI is InChI=1S/C18H24N2O2S/c21-18(8-7-16-5-2-10-22-16)19-12-15-4-1-9-20(13-15)14-17-6-3-11-23-17/h2-3,5-6,10-11,15H,1,4,7-9,12-14H2,(H,19,21)/t15-/m0/s1. The Labute approximate surface area is 141 Å². The summed E-state index contributed by atoms with van der Waals surface area (Å²) in [6.45, 7) is 4.08. The predicted molar refractivity (Wildman–Crippen MR) is 92.4 cm³/mol. The maximum atomic E-state index is 12.0. The zero-order chi connectivity index (χ0) is 15.9. The van der Waals surface area contributed by atoms with E-state index in [-0.39, 0.29) is 5.91 Å². The molecule has 3 heterocycles. The first-order valence-electron chi connectivity index (χ1n) is 8.33. The largest absolute Gasteiger partial charge is 0.469 e. The van der Waals surface area contributed by atoms with Crippen molar-refractivity contribution in [2.75, 3.05) is 19.6 Å². The van der Waals surface area contributed by atoms with Crippen LogP contribution in [0.1, 0.15) is 29.9 Å². The first kappa shape index (κ1) is 16.3. The molecule has 0 saturated carbocycles. The second-order valence-electron chi connectivity index (χ2n) is 6.21. The highest BCUT2D eigenvalue weighted by atomic mass is 32.1. The van der Waals surface area contributed by atoms with Gasteiger partial charge in [0.2, 0.25) is 5.91 Å². The van der Waals surface area contributed by atoms with Crippen molar-refractivity contribution in [3.05, 3.63) is 46.5 Å². The Morgan fingerprint density at radius 1 is 1.39 bits per heavy atom. The van der Waals surface area contributed by atoms with Crippen molar-refractivity contribution < 1.29 is 9.21 Å². The number of amides is 1. The van der Waals surface area contributed by atoms with Crippen LogP contribution in [-0.2, 0) is 17.8 Å². The molecule has 1 N–H and O–H groups in total. The predicted octanol–water partition coefficient (Wildman–Crippen LogP) is 3.30. The molecule has 0 bridgehead atoms. The van der Waals surface area contributed by atoms with Gasteiger partial charge in [-0.15, -0.1) is 11.3 Å². The average Bonchev–Trinajstić information content (AvgIpc) is 3.25. The molecule has 23 heavy (non-hydrogen) atoms. The van der Waals surface area contributed by atoms with Crippen LogP contribution in [-0.4, -0.2) is 30.4 Å². The number of furan rings is 1. The van der Waals surface area contributed by atoms with Crippen LogP contribution >= 0.6 is 11.3 Å². The Morgan fingerprint density at radius 2 is 2.35 bits per heavy atom. The number of carbonyl (C=O) groups is 1. The topological polar surface area (TPSA) is 45.5 Å². The molecule has 1 aliphatic heterocycles. The maximum Gasteiger partial charge on any atom is 0.220 e. The summed E-state index contributed by atoms with van der Waals surface area (Å²) < 4.78 is 5.26. The van der Waals surface area contributed by atoms with Gasteiger partial charge in [0.25, 0.3) is 0 Å². The first-order valence-corrected chi connectivity index (χ1v) is 9.21. The average molecular weight is 332 g/mol. The molecule has 1 atom stereocenters. The molecule has 0 unspecified atom stereocenters. The molecule has 0 spiro atoms. The van der Waals surface area contributed by atoms with Gasteiger partial charge in [0.05, 0.1) is 6.26 Å². The number of rotatable bonds is 7. The van der Waals surface area contributed by atoms with Crippen molar-refractivity contribution in [1.29, 1.82) is 0 Å². The summed E-state index contributed by atoms with van der Waals surface area (Å²) in [4.78, 5) is 15.9. The Kier molecular flexibility index (Phi) is 5.88. The molecule has 1 aliphatic rings. The van der Waals surface area contributed by atoms with E-state index < -0.39 is 0 Å². The van der Waals surface area contributed by atoms with Gasteiger partial charge in [-0.05, 0) is 48.9 Å². The number of likely N-dealkylation sites (tertiary alicyclic amines) is 1. The van der Waals surface area contributed by atoms with E-state index in [0.717, 1.165) is 25.4 Å². The van der Waals surface area contributed by atoms with Gasteiger partial charge in [0, 0.05) is 37.4 Å². The normalized spacial score (nSPS) is 18.9. The van der Waals surface area contributed by atoms with Gasteiger partial charge in [0.15, 0.2) is 0 Å². The molecule has 2 aromatic heterocycles. The van der Waals surface area contributed by atoms with Gasteiger partial charge >= 0.3 is 0 Å². The van der Waals surface area contributed by atoms with Gasteiger partial charge in [-0.2, -0.15) is 0 Å². The molecule has 4 nitrogen and oxygen atoms in total. The summed E-state index contributed by atoms with van der Waals surface area (Å²) in [7, 11) is 0. The summed E-state index contributed by atoms with van der Waals surface area (Å²) in [6.07, 6.45) is 5.25. The van der Waals surface area contributed by atoms with Crippen LogP contribution in [0.5, 0.6) is 0 Å². The number of thiophene rings is 1. The van der Waals surface area contributed by atoms with Crippen molar-refractivity contribution >= 4 is 17.2 Å². The Bertz CT molecular complexity index is 580. The lowest BCUT2D eigenvalue weighted by Crippen LogP contribution is -2.40. The van der Waals surface area contributed by atoms with E-state index in [1.54, 1.807) is 6.26 Å². The molecule has 124 valence electrons. The summed E-state index contributed by atoms with van der Waals surface area (Å²) >= 11 is 1.82. The van der Waals surface area contributed by atoms with Gasteiger partial charge in [0.1, 0.15) is 5.76 Å².